The molecule has 0 aromatic heterocycles. The smallest absolute Gasteiger partial charge is 0.434 e. The van der Waals surface area contributed by atoms with Crippen LogP contribution >= 0.6 is 0 Å². The van der Waals surface area contributed by atoms with Crippen LogP contribution in [0.1, 0.15) is 39.0 Å². The SMILES string of the molecule is C=CCCOC(=O)OCCCCCC. The summed E-state index contributed by atoms with van der Waals surface area (Å²) in [7, 11) is 0. The van der Waals surface area contributed by atoms with Crippen LogP contribution in [0.15, 0.2) is 12.7 Å². The van der Waals surface area contributed by atoms with Gasteiger partial charge in [-0.15, -0.1) is 6.58 Å². The topological polar surface area (TPSA) is 35.5 Å². The maximum Gasteiger partial charge on any atom is 0.508 e. The van der Waals surface area contributed by atoms with Crippen LogP contribution < -0.4 is 0 Å². The monoisotopic (exact) mass is 200 g/mol. The zero-order valence-electron chi connectivity index (χ0n) is 8.96. The number of hydrogen-bond donors (Lipinski definition) is 0. The van der Waals surface area contributed by atoms with Crippen molar-refractivity contribution in [2.75, 3.05) is 13.2 Å². The van der Waals surface area contributed by atoms with Gasteiger partial charge in [-0.1, -0.05) is 32.3 Å². The number of carbonyl (C=O) groups excluding carboxylic acids is 1. The summed E-state index contributed by atoms with van der Waals surface area (Å²) in [6.45, 7) is 6.49. The lowest BCUT2D eigenvalue weighted by Gasteiger charge is -2.04. The lowest BCUT2D eigenvalue weighted by Crippen LogP contribution is -2.09. The maximum absolute atomic E-state index is 10.9. The van der Waals surface area contributed by atoms with E-state index >= 15 is 0 Å². The molecule has 0 rings (SSSR count). The van der Waals surface area contributed by atoms with Crippen molar-refractivity contribution in [3.63, 3.8) is 0 Å². The number of unbranched alkanes of at least 4 members (excludes halogenated alkanes) is 3. The molecule has 0 fully saturated rings. The highest BCUT2D eigenvalue weighted by Gasteiger charge is 2.01. The minimum atomic E-state index is -0.566. The van der Waals surface area contributed by atoms with Gasteiger partial charge in [0.2, 0.25) is 0 Å². The molecule has 0 heterocycles. The fourth-order valence-electron chi connectivity index (χ4n) is 0.952. The van der Waals surface area contributed by atoms with E-state index in [9.17, 15) is 4.79 Å². The van der Waals surface area contributed by atoms with Crippen LogP contribution in [-0.2, 0) is 9.47 Å². The van der Waals surface area contributed by atoms with E-state index in [0.717, 1.165) is 12.8 Å². The highest BCUT2D eigenvalue weighted by Crippen LogP contribution is 1.99. The molecule has 0 radical (unpaired) electrons. The van der Waals surface area contributed by atoms with Gasteiger partial charge in [0, 0.05) is 0 Å². The Kier molecular flexibility index (Phi) is 9.38. The molecule has 0 aliphatic heterocycles. The van der Waals surface area contributed by atoms with Gasteiger partial charge in [-0.2, -0.15) is 0 Å². The third-order valence-electron chi connectivity index (χ3n) is 1.76. The Hall–Kier alpha value is -0.990. The van der Waals surface area contributed by atoms with Crippen molar-refractivity contribution < 1.29 is 14.3 Å². The molecule has 0 amide bonds. The average Bonchev–Trinajstić information content (AvgIpc) is 2.18. The molecule has 0 aliphatic rings. The summed E-state index contributed by atoms with van der Waals surface area (Å²) in [6.07, 6.45) is 6.21. The summed E-state index contributed by atoms with van der Waals surface area (Å²) in [4.78, 5) is 10.9. The number of carbonyl (C=O) groups is 1. The average molecular weight is 200 g/mol. The third kappa shape index (κ3) is 9.10. The first-order chi connectivity index (χ1) is 6.81. The molecule has 0 spiro atoms. The first-order valence-corrected chi connectivity index (χ1v) is 5.21. The van der Waals surface area contributed by atoms with E-state index in [0.29, 0.717) is 19.6 Å². The molecule has 0 N–H and O–H groups in total. The second-order valence-corrected chi connectivity index (χ2v) is 3.08. The summed E-state index contributed by atoms with van der Waals surface area (Å²) in [6, 6.07) is 0. The molecule has 0 unspecified atom stereocenters. The van der Waals surface area contributed by atoms with E-state index in [1.54, 1.807) is 6.08 Å². The summed E-state index contributed by atoms with van der Waals surface area (Å²) in [5, 5.41) is 0. The van der Waals surface area contributed by atoms with Gasteiger partial charge in [0.05, 0.1) is 13.2 Å². The number of ether oxygens (including phenoxy) is 2. The summed E-state index contributed by atoms with van der Waals surface area (Å²) in [5.41, 5.74) is 0. The van der Waals surface area contributed by atoms with E-state index < -0.39 is 6.16 Å². The van der Waals surface area contributed by atoms with Crippen LogP contribution in [-0.4, -0.2) is 19.4 Å². The molecule has 0 bridgehead atoms. The molecular formula is C11H20O3. The van der Waals surface area contributed by atoms with Crippen LogP contribution in [0.2, 0.25) is 0 Å². The Bertz CT molecular complexity index is 155. The lowest BCUT2D eigenvalue weighted by molar-refractivity contribution is 0.0553. The van der Waals surface area contributed by atoms with Crippen LogP contribution in [0, 0.1) is 0 Å². The summed E-state index contributed by atoms with van der Waals surface area (Å²) in [5.74, 6) is 0. The van der Waals surface area contributed by atoms with Gasteiger partial charge >= 0.3 is 6.16 Å². The number of rotatable bonds is 8. The van der Waals surface area contributed by atoms with Crippen LogP contribution in [0.25, 0.3) is 0 Å². The van der Waals surface area contributed by atoms with Crippen molar-refractivity contribution in [3.05, 3.63) is 12.7 Å². The molecule has 82 valence electrons. The Balaban J connectivity index is 3.14. The first-order valence-electron chi connectivity index (χ1n) is 5.21. The largest absolute Gasteiger partial charge is 0.508 e. The fraction of sp³-hybridized carbons (Fsp3) is 0.727. The fourth-order valence-corrected chi connectivity index (χ4v) is 0.952. The molecule has 0 atom stereocenters. The zero-order valence-corrected chi connectivity index (χ0v) is 8.96. The van der Waals surface area contributed by atoms with Gasteiger partial charge in [0.15, 0.2) is 0 Å². The van der Waals surface area contributed by atoms with Crippen molar-refractivity contribution in [2.24, 2.45) is 0 Å². The van der Waals surface area contributed by atoms with Gasteiger partial charge in [-0.25, -0.2) is 4.79 Å². The number of hydrogen-bond acceptors (Lipinski definition) is 3. The van der Waals surface area contributed by atoms with E-state index in [2.05, 4.69) is 13.5 Å². The molecular weight excluding hydrogens is 180 g/mol. The molecule has 0 aromatic carbocycles. The standard InChI is InChI=1S/C11H20O3/c1-3-5-7-8-10-14-11(12)13-9-6-4-2/h4H,2-3,5-10H2,1H3. The van der Waals surface area contributed by atoms with E-state index in [4.69, 9.17) is 9.47 Å². The quantitative estimate of drug-likeness (QED) is 0.342. The van der Waals surface area contributed by atoms with Gasteiger partial charge in [-0.3, -0.25) is 0 Å². The van der Waals surface area contributed by atoms with Crippen molar-refractivity contribution in [1.29, 1.82) is 0 Å². The lowest BCUT2D eigenvalue weighted by atomic mass is 10.2. The highest BCUT2D eigenvalue weighted by atomic mass is 16.7. The van der Waals surface area contributed by atoms with E-state index in [1.807, 2.05) is 0 Å². The molecule has 0 saturated heterocycles. The van der Waals surface area contributed by atoms with E-state index in [1.165, 1.54) is 12.8 Å². The van der Waals surface area contributed by atoms with E-state index in [-0.39, 0.29) is 0 Å². The second kappa shape index (κ2) is 10.1. The van der Waals surface area contributed by atoms with Crippen molar-refractivity contribution in [2.45, 2.75) is 39.0 Å². The zero-order chi connectivity index (χ0) is 10.6. The van der Waals surface area contributed by atoms with Gasteiger partial charge in [-0.05, 0) is 12.8 Å². The van der Waals surface area contributed by atoms with Crippen molar-refractivity contribution in [1.82, 2.24) is 0 Å². The predicted molar refractivity (Wildman–Crippen MR) is 56.3 cm³/mol. The molecule has 0 aromatic rings. The molecule has 3 heteroatoms. The first kappa shape index (κ1) is 13.0. The Morgan fingerprint density at radius 3 is 2.57 bits per heavy atom. The summed E-state index contributed by atoms with van der Waals surface area (Å²) >= 11 is 0. The maximum atomic E-state index is 10.9. The molecule has 3 nitrogen and oxygen atoms in total. The highest BCUT2D eigenvalue weighted by molar-refractivity contribution is 5.59. The van der Waals surface area contributed by atoms with Crippen molar-refractivity contribution >= 4 is 6.16 Å². The third-order valence-corrected chi connectivity index (χ3v) is 1.76. The van der Waals surface area contributed by atoms with Gasteiger partial charge in [0.1, 0.15) is 0 Å². The van der Waals surface area contributed by atoms with Crippen LogP contribution in [0.4, 0.5) is 4.79 Å². The molecule has 0 aliphatic carbocycles. The Morgan fingerprint density at radius 2 is 1.93 bits per heavy atom. The second-order valence-electron chi connectivity index (χ2n) is 3.08. The van der Waals surface area contributed by atoms with Crippen molar-refractivity contribution in [3.8, 4) is 0 Å². The minimum Gasteiger partial charge on any atom is -0.434 e. The van der Waals surface area contributed by atoms with Crippen LogP contribution in [0.5, 0.6) is 0 Å². The normalized spacial score (nSPS) is 9.50. The predicted octanol–water partition coefficient (Wildman–Crippen LogP) is 3.30. The Morgan fingerprint density at radius 1 is 1.21 bits per heavy atom. The van der Waals surface area contributed by atoms with Gasteiger partial charge < -0.3 is 9.47 Å². The van der Waals surface area contributed by atoms with Gasteiger partial charge in [0.25, 0.3) is 0 Å². The molecule has 0 saturated carbocycles. The summed E-state index contributed by atoms with van der Waals surface area (Å²) < 4.78 is 9.60. The minimum absolute atomic E-state index is 0.358. The molecule has 14 heavy (non-hydrogen) atoms. The Labute approximate surface area is 86.1 Å². The van der Waals surface area contributed by atoms with Crippen LogP contribution in [0.3, 0.4) is 0 Å².